The third-order valence-corrected chi connectivity index (χ3v) is 5.27. The van der Waals surface area contributed by atoms with E-state index in [1.165, 1.54) is 24.3 Å². The van der Waals surface area contributed by atoms with E-state index in [2.05, 4.69) is 12.6 Å². The second-order valence-electron chi connectivity index (χ2n) is 7.41. The summed E-state index contributed by atoms with van der Waals surface area (Å²) in [6.45, 7) is 5.50. The van der Waals surface area contributed by atoms with Gasteiger partial charge in [-0.15, -0.1) is 6.58 Å². The van der Waals surface area contributed by atoms with E-state index in [4.69, 9.17) is 5.26 Å². The maximum atomic E-state index is 13.2. The lowest BCUT2D eigenvalue weighted by molar-refractivity contribution is -0.137. The number of carbonyl (C=O) groups excluding carboxylic acids is 2. The van der Waals surface area contributed by atoms with Crippen molar-refractivity contribution in [3.05, 3.63) is 83.7 Å². The number of likely N-dealkylation sites (tertiary alicyclic amines) is 1. The normalized spacial score (nSPS) is 15.9. The molecule has 1 aliphatic rings. The van der Waals surface area contributed by atoms with Crippen LogP contribution in [0, 0.1) is 23.1 Å². The minimum Gasteiger partial charge on any atom is -0.338 e. The molecular weight excluding hydrogens is 381 g/mol. The third-order valence-electron chi connectivity index (χ3n) is 5.27. The first-order valence-electron chi connectivity index (χ1n) is 9.95. The zero-order chi connectivity index (χ0) is 21.5. The second kappa shape index (κ2) is 9.84. The van der Waals surface area contributed by atoms with Crippen LogP contribution in [0.2, 0.25) is 0 Å². The largest absolute Gasteiger partial charge is 0.338 e. The van der Waals surface area contributed by atoms with Gasteiger partial charge < -0.3 is 9.80 Å². The molecule has 0 bridgehead atoms. The molecule has 1 atom stereocenters. The lowest BCUT2D eigenvalue weighted by atomic mass is 9.95. The first-order chi connectivity index (χ1) is 14.5. The van der Waals surface area contributed by atoms with E-state index in [9.17, 15) is 14.0 Å². The van der Waals surface area contributed by atoms with Gasteiger partial charge in [0, 0.05) is 31.7 Å². The smallest absolute Gasteiger partial charge is 0.253 e. The Balaban J connectivity index is 1.69. The Morgan fingerprint density at radius 3 is 2.53 bits per heavy atom. The summed E-state index contributed by atoms with van der Waals surface area (Å²) in [7, 11) is 0. The molecule has 1 aliphatic heterocycles. The van der Waals surface area contributed by atoms with Crippen LogP contribution in [-0.4, -0.2) is 41.2 Å². The number of hydrogen-bond acceptors (Lipinski definition) is 3. The van der Waals surface area contributed by atoms with Crippen LogP contribution in [0.15, 0.2) is 61.2 Å². The fourth-order valence-corrected chi connectivity index (χ4v) is 3.69. The summed E-state index contributed by atoms with van der Waals surface area (Å²) in [6, 6.07) is 14.7. The van der Waals surface area contributed by atoms with E-state index in [1.807, 2.05) is 12.1 Å². The standard InChI is InChI=1S/C24H24FN3O2/c1-2-13-27(16-19-7-5-18(15-26)6-8-19)24(30)21-4-3-14-28(17-21)23(29)20-9-11-22(25)12-10-20/h2,5-12,21H,1,3-4,13-14,16-17H2. The van der Waals surface area contributed by atoms with Crippen LogP contribution in [0.1, 0.15) is 34.3 Å². The fraction of sp³-hybridized carbons (Fsp3) is 0.292. The summed E-state index contributed by atoms with van der Waals surface area (Å²) >= 11 is 0. The van der Waals surface area contributed by atoms with Crippen molar-refractivity contribution >= 4 is 11.8 Å². The number of hydrogen-bond donors (Lipinski definition) is 0. The minimum atomic E-state index is -0.388. The van der Waals surface area contributed by atoms with Crippen molar-refractivity contribution in [2.75, 3.05) is 19.6 Å². The van der Waals surface area contributed by atoms with Crippen LogP contribution in [0.5, 0.6) is 0 Å². The lowest BCUT2D eigenvalue weighted by Gasteiger charge is -2.35. The molecule has 1 heterocycles. The van der Waals surface area contributed by atoms with Crippen molar-refractivity contribution in [1.82, 2.24) is 9.80 Å². The van der Waals surface area contributed by atoms with Gasteiger partial charge in [0.15, 0.2) is 0 Å². The Morgan fingerprint density at radius 1 is 1.20 bits per heavy atom. The molecule has 0 saturated carbocycles. The molecule has 2 aromatic rings. The van der Waals surface area contributed by atoms with Crippen molar-refractivity contribution in [2.24, 2.45) is 5.92 Å². The maximum absolute atomic E-state index is 13.2. The third kappa shape index (κ3) is 5.12. The molecule has 6 heteroatoms. The first kappa shape index (κ1) is 21.3. The van der Waals surface area contributed by atoms with Crippen LogP contribution in [0.25, 0.3) is 0 Å². The minimum absolute atomic E-state index is 0.0177. The summed E-state index contributed by atoms with van der Waals surface area (Å²) in [5, 5.41) is 8.94. The molecule has 2 amide bonds. The topological polar surface area (TPSA) is 64.4 Å². The number of piperidine rings is 1. The molecule has 1 saturated heterocycles. The van der Waals surface area contributed by atoms with E-state index in [0.29, 0.717) is 43.7 Å². The van der Waals surface area contributed by atoms with E-state index in [-0.39, 0.29) is 23.5 Å². The Kier molecular flexibility index (Phi) is 6.97. The van der Waals surface area contributed by atoms with Crippen LogP contribution < -0.4 is 0 Å². The van der Waals surface area contributed by atoms with Gasteiger partial charge in [0.05, 0.1) is 17.6 Å². The molecule has 1 unspecified atom stereocenters. The van der Waals surface area contributed by atoms with Crippen LogP contribution in [-0.2, 0) is 11.3 Å². The molecule has 0 aliphatic carbocycles. The van der Waals surface area contributed by atoms with E-state index in [0.717, 1.165) is 12.0 Å². The average Bonchev–Trinajstić information content (AvgIpc) is 2.79. The summed E-state index contributed by atoms with van der Waals surface area (Å²) in [5.74, 6) is -0.881. The quantitative estimate of drug-likeness (QED) is 0.688. The SMILES string of the molecule is C=CCN(Cc1ccc(C#N)cc1)C(=O)C1CCCN(C(=O)c2ccc(F)cc2)C1. The molecule has 30 heavy (non-hydrogen) atoms. The molecule has 3 rings (SSSR count). The number of carbonyl (C=O) groups is 2. The number of benzene rings is 2. The highest BCUT2D eigenvalue weighted by Gasteiger charge is 2.31. The van der Waals surface area contributed by atoms with Gasteiger partial charge in [0.25, 0.3) is 5.91 Å². The summed E-state index contributed by atoms with van der Waals surface area (Å²) < 4.78 is 13.1. The molecule has 0 spiro atoms. The number of amides is 2. The Hall–Kier alpha value is -3.46. The molecule has 154 valence electrons. The van der Waals surface area contributed by atoms with E-state index in [1.54, 1.807) is 28.0 Å². The van der Waals surface area contributed by atoms with Gasteiger partial charge in [-0.2, -0.15) is 5.26 Å². The summed E-state index contributed by atoms with van der Waals surface area (Å²) in [5.41, 5.74) is 1.92. The fourth-order valence-electron chi connectivity index (χ4n) is 3.69. The van der Waals surface area contributed by atoms with E-state index >= 15 is 0 Å². The van der Waals surface area contributed by atoms with Crippen molar-refractivity contribution in [1.29, 1.82) is 5.26 Å². The van der Waals surface area contributed by atoms with Gasteiger partial charge in [-0.1, -0.05) is 18.2 Å². The number of nitrogens with zero attached hydrogens (tertiary/aromatic N) is 3. The zero-order valence-corrected chi connectivity index (χ0v) is 16.8. The Bertz CT molecular complexity index is 948. The van der Waals surface area contributed by atoms with Gasteiger partial charge >= 0.3 is 0 Å². The number of halogens is 1. The van der Waals surface area contributed by atoms with Gasteiger partial charge in [0.1, 0.15) is 5.82 Å². The monoisotopic (exact) mass is 405 g/mol. The van der Waals surface area contributed by atoms with Crippen molar-refractivity contribution < 1.29 is 14.0 Å². The van der Waals surface area contributed by atoms with Crippen molar-refractivity contribution in [2.45, 2.75) is 19.4 Å². The highest BCUT2D eigenvalue weighted by molar-refractivity contribution is 5.94. The first-order valence-corrected chi connectivity index (χ1v) is 9.95. The van der Waals surface area contributed by atoms with Crippen molar-refractivity contribution in [3.8, 4) is 6.07 Å². The van der Waals surface area contributed by atoms with Crippen LogP contribution >= 0.6 is 0 Å². The predicted octanol–water partition coefficient (Wildman–Crippen LogP) is 3.76. The Morgan fingerprint density at radius 2 is 1.90 bits per heavy atom. The second-order valence-corrected chi connectivity index (χ2v) is 7.41. The average molecular weight is 405 g/mol. The Labute approximate surface area is 176 Å². The van der Waals surface area contributed by atoms with Crippen LogP contribution in [0.4, 0.5) is 4.39 Å². The molecule has 0 N–H and O–H groups in total. The van der Waals surface area contributed by atoms with Gasteiger partial charge in [0.2, 0.25) is 5.91 Å². The molecule has 2 aromatic carbocycles. The number of nitriles is 1. The molecule has 0 radical (unpaired) electrons. The van der Waals surface area contributed by atoms with Gasteiger partial charge in [-0.25, -0.2) is 4.39 Å². The molecule has 0 aromatic heterocycles. The van der Waals surface area contributed by atoms with Gasteiger partial charge in [-0.3, -0.25) is 9.59 Å². The van der Waals surface area contributed by atoms with Crippen LogP contribution in [0.3, 0.4) is 0 Å². The molecule has 5 nitrogen and oxygen atoms in total. The van der Waals surface area contributed by atoms with Gasteiger partial charge in [-0.05, 0) is 54.8 Å². The maximum Gasteiger partial charge on any atom is 0.253 e. The zero-order valence-electron chi connectivity index (χ0n) is 16.8. The molecule has 1 fully saturated rings. The molecular formula is C24H24FN3O2. The highest BCUT2D eigenvalue weighted by atomic mass is 19.1. The van der Waals surface area contributed by atoms with E-state index < -0.39 is 0 Å². The lowest BCUT2D eigenvalue weighted by Crippen LogP contribution is -2.46. The highest BCUT2D eigenvalue weighted by Crippen LogP contribution is 2.22. The predicted molar refractivity (Wildman–Crippen MR) is 112 cm³/mol. The summed E-state index contributed by atoms with van der Waals surface area (Å²) in [6.07, 6.45) is 3.14. The number of rotatable bonds is 6. The summed E-state index contributed by atoms with van der Waals surface area (Å²) in [4.78, 5) is 29.4. The van der Waals surface area contributed by atoms with Crippen molar-refractivity contribution in [3.63, 3.8) is 0 Å².